The normalized spacial score (nSPS) is 24.0. The van der Waals surface area contributed by atoms with E-state index < -0.39 is 8.32 Å². The second-order valence-corrected chi connectivity index (χ2v) is 21.5. The van der Waals surface area contributed by atoms with Crippen LogP contribution in [0.25, 0.3) is 0 Å². The van der Waals surface area contributed by atoms with Crippen molar-refractivity contribution in [3.63, 3.8) is 0 Å². The average Bonchev–Trinajstić information content (AvgIpc) is 3.41. The third-order valence-electron chi connectivity index (χ3n) is 10.4. The van der Waals surface area contributed by atoms with E-state index in [0.29, 0.717) is 5.92 Å². The summed E-state index contributed by atoms with van der Waals surface area (Å²) in [5.41, 5.74) is 9.44. The Labute approximate surface area is 246 Å². The zero-order valence-electron chi connectivity index (χ0n) is 27.5. The molecule has 0 saturated heterocycles. The van der Waals surface area contributed by atoms with Crippen LogP contribution in [0.3, 0.4) is 0 Å². The molecule has 1 saturated carbocycles. The number of benzene rings is 1. The molecule has 0 bridgehead atoms. The molecule has 0 unspecified atom stereocenters. The van der Waals surface area contributed by atoms with E-state index in [-0.39, 0.29) is 33.7 Å². The number of fused-ring (bicyclic) bond motifs is 4. The quantitative estimate of drug-likeness (QED) is 0.348. The van der Waals surface area contributed by atoms with Crippen LogP contribution >= 0.6 is 0 Å². The van der Waals surface area contributed by atoms with Gasteiger partial charge in [-0.2, -0.15) is 0 Å². The smallest absolute Gasteiger partial charge is 0.192 e. The first-order chi connectivity index (χ1) is 18.4. The molecule has 40 heavy (non-hydrogen) atoms. The molecule has 2 aliphatic carbocycles. The zero-order chi connectivity index (χ0) is 29.5. The van der Waals surface area contributed by atoms with E-state index in [0.717, 1.165) is 25.7 Å². The van der Waals surface area contributed by atoms with E-state index in [4.69, 9.17) is 14.1 Å². The summed E-state index contributed by atoms with van der Waals surface area (Å²) in [6.07, 6.45) is 6.70. The number of hydrogen-bond acceptors (Lipinski definition) is 3. The van der Waals surface area contributed by atoms with Crippen LogP contribution in [0.1, 0.15) is 159 Å². The lowest BCUT2D eigenvalue weighted by Gasteiger charge is -2.45. The van der Waals surface area contributed by atoms with E-state index >= 15 is 0 Å². The molecular formula is C36H55NO2Si. The molecule has 2 heterocycles. The van der Waals surface area contributed by atoms with Gasteiger partial charge in [0.1, 0.15) is 6.10 Å². The second kappa shape index (κ2) is 9.78. The molecular weight excluding hydrogens is 506 g/mol. The molecule has 2 atom stereocenters. The molecule has 1 aromatic heterocycles. The van der Waals surface area contributed by atoms with Crippen LogP contribution in [-0.2, 0) is 26.6 Å². The zero-order valence-corrected chi connectivity index (χ0v) is 28.5. The van der Waals surface area contributed by atoms with Gasteiger partial charge in [-0.05, 0) is 77.3 Å². The summed E-state index contributed by atoms with van der Waals surface area (Å²) in [4.78, 5) is 5.57. The Hall–Kier alpha value is -1.49. The van der Waals surface area contributed by atoms with Gasteiger partial charge in [-0.15, -0.1) is 0 Å². The minimum absolute atomic E-state index is 0.0687. The molecule has 5 rings (SSSR count). The van der Waals surface area contributed by atoms with Gasteiger partial charge in [0.05, 0.1) is 11.7 Å². The summed E-state index contributed by atoms with van der Waals surface area (Å²) in [6.45, 7) is 28.2. The third-order valence-corrected chi connectivity index (χ3v) is 14.9. The summed E-state index contributed by atoms with van der Waals surface area (Å²) >= 11 is 0. The highest BCUT2D eigenvalue weighted by molar-refractivity contribution is 6.74. The van der Waals surface area contributed by atoms with Crippen molar-refractivity contribution in [3.8, 4) is 0 Å². The predicted octanol–water partition coefficient (Wildman–Crippen LogP) is 10.4. The SMILES string of the molecule is CC(C)c1nc2c(c3c1[C@@H](c1ccc(C(C)(C)C)cc1)OC31CCCC1)[C@@H](O[Si](C)(C)C(C)(C)C)CC(C)(C)C2. The van der Waals surface area contributed by atoms with Gasteiger partial charge in [0.2, 0.25) is 0 Å². The topological polar surface area (TPSA) is 31.4 Å². The van der Waals surface area contributed by atoms with E-state index in [1.54, 1.807) is 0 Å². The monoisotopic (exact) mass is 561 g/mol. The van der Waals surface area contributed by atoms with Gasteiger partial charge in [0.15, 0.2) is 8.32 Å². The molecule has 1 aliphatic heterocycles. The first-order valence-electron chi connectivity index (χ1n) is 15.9. The van der Waals surface area contributed by atoms with Crippen molar-refractivity contribution >= 4 is 8.32 Å². The Bertz CT molecular complexity index is 1250. The standard InChI is InChI=1S/C36H55NO2Si/c1-23(2)31-29-30(28-26(37-31)21-35(9,10)22-27(28)39-40(11,12)34(6,7)8)36(19-13-14-20-36)38-32(29)24-15-17-25(18-16-24)33(3,4)5/h15-18,23,27,32H,13-14,19-22H2,1-12H3/t27-,32+/m0/s1. The number of rotatable bonds is 4. The van der Waals surface area contributed by atoms with Crippen LogP contribution in [0.15, 0.2) is 24.3 Å². The fourth-order valence-corrected chi connectivity index (χ4v) is 8.44. The van der Waals surface area contributed by atoms with Crippen molar-refractivity contribution in [1.82, 2.24) is 4.98 Å². The number of hydrogen-bond donors (Lipinski definition) is 0. The molecule has 3 aliphatic rings. The van der Waals surface area contributed by atoms with E-state index in [2.05, 4.69) is 107 Å². The van der Waals surface area contributed by atoms with Crippen LogP contribution in [0, 0.1) is 5.41 Å². The maximum atomic E-state index is 7.37. The van der Waals surface area contributed by atoms with E-state index in [1.165, 1.54) is 52.0 Å². The van der Waals surface area contributed by atoms with Gasteiger partial charge >= 0.3 is 0 Å². The van der Waals surface area contributed by atoms with Crippen LogP contribution in [0.2, 0.25) is 18.1 Å². The van der Waals surface area contributed by atoms with E-state index in [9.17, 15) is 0 Å². The first-order valence-corrected chi connectivity index (χ1v) is 18.8. The molecule has 1 fully saturated rings. The van der Waals surface area contributed by atoms with Gasteiger partial charge in [-0.1, -0.05) is 106 Å². The van der Waals surface area contributed by atoms with E-state index in [1.807, 2.05) is 0 Å². The summed E-state index contributed by atoms with van der Waals surface area (Å²) in [7, 11) is -2.02. The molecule has 0 radical (unpaired) electrons. The van der Waals surface area contributed by atoms with Crippen molar-refractivity contribution in [2.75, 3.05) is 0 Å². The molecule has 1 spiro atoms. The first kappa shape index (κ1) is 30.0. The number of aromatic nitrogens is 1. The fraction of sp³-hybridized carbons (Fsp3) is 0.694. The summed E-state index contributed by atoms with van der Waals surface area (Å²) in [6, 6.07) is 9.26. The Balaban J connectivity index is 1.75. The third kappa shape index (κ3) is 5.15. The van der Waals surface area contributed by atoms with Gasteiger partial charge < -0.3 is 9.16 Å². The Kier molecular flexibility index (Phi) is 7.33. The lowest BCUT2D eigenvalue weighted by Crippen LogP contribution is -2.44. The van der Waals surface area contributed by atoms with Gasteiger partial charge in [-0.3, -0.25) is 4.98 Å². The average molecular weight is 562 g/mol. The van der Waals surface area contributed by atoms with Crippen LogP contribution in [0.4, 0.5) is 0 Å². The predicted molar refractivity (Wildman–Crippen MR) is 170 cm³/mol. The minimum Gasteiger partial charge on any atom is -0.410 e. The highest BCUT2D eigenvalue weighted by Gasteiger charge is 2.54. The van der Waals surface area contributed by atoms with Gasteiger partial charge in [0.25, 0.3) is 0 Å². The van der Waals surface area contributed by atoms with Crippen molar-refractivity contribution in [1.29, 1.82) is 0 Å². The Morgan fingerprint density at radius 1 is 0.950 bits per heavy atom. The summed E-state index contributed by atoms with van der Waals surface area (Å²) < 4.78 is 14.7. The molecule has 0 amide bonds. The summed E-state index contributed by atoms with van der Waals surface area (Å²) in [5, 5.41) is 0.155. The molecule has 4 heteroatoms. The van der Waals surface area contributed by atoms with Crippen molar-refractivity contribution in [3.05, 3.63) is 63.5 Å². The number of ether oxygens (including phenoxy) is 1. The lowest BCUT2D eigenvalue weighted by atomic mass is 9.70. The maximum absolute atomic E-state index is 7.37. The molecule has 3 nitrogen and oxygen atoms in total. The summed E-state index contributed by atoms with van der Waals surface area (Å²) in [5.74, 6) is 0.334. The number of nitrogens with zero attached hydrogens (tertiary/aromatic N) is 1. The lowest BCUT2D eigenvalue weighted by molar-refractivity contribution is -0.0579. The molecule has 2 aromatic rings. The molecule has 0 N–H and O–H groups in total. The van der Waals surface area contributed by atoms with Crippen molar-refractivity contribution in [2.45, 2.75) is 155 Å². The van der Waals surface area contributed by atoms with Crippen LogP contribution < -0.4 is 0 Å². The van der Waals surface area contributed by atoms with Crippen molar-refractivity contribution < 1.29 is 9.16 Å². The molecule has 1 aromatic carbocycles. The Morgan fingerprint density at radius 3 is 2.08 bits per heavy atom. The van der Waals surface area contributed by atoms with Gasteiger partial charge in [0, 0.05) is 22.5 Å². The highest BCUT2D eigenvalue weighted by atomic mass is 28.4. The van der Waals surface area contributed by atoms with Crippen LogP contribution in [-0.4, -0.2) is 13.3 Å². The fourth-order valence-electron chi connectivity index (χ4n) is 7.17. The largest absolute Gasteiger partial charge is 0.410 e. The Morgan fingerprint density at radius 2 is 1.55 bits per heavy atom. The van der Waals surface area contributed by atoms with Crippen LogP contribution in [0.5, 0.6) is 0 Å². The number of pyridine rings is 1. The highest BCUT2D eigenvalue weighted by Crippen LogP contribution is 2.60. The second-order valence-electron chi connectivity index (χ2n) is 16.8. The molecule has 220 valence electrons. The van der Waals surface area contributed by atoms with Crippen molar-refractivity contribution in [2.24, 2.45) is 5.41 Å². The maximum Gasteiger partial charge on any atom is 0.192 e. The minimum atomic E-state index is -2.02. The van der Waals surface area contributed by atoms with Gasteiger partial charge in [-0.25, -0.2) is 0 Å².